The van der Waals surface area contributed by atoms with Crippen molar-refractivity contribution in [1.29, 1.82) is 5.26 Å². The van der Waals surface area contributed by atoms with Gasteiger partial charge in [-0.1, -0.05) is 0 Å². The zero-order valence-corrected chi connectivity index (χ0v) is 9.58. The minimum atomic E-state index is -0.363. The molecule has 17 heavy (non-hydrogen) atoms. The normalized spacial score (nSPS) is 19.2. The fourth-order valence-electron chi connectivity index (χ4n) is 2.00. The predicted molar refractivity (Wildman–Crippen MR) is 61.8 cm³/mol. The van der Waals surface area contributed by atoms with E-state index in [1.807, 2.05) is 6.07 Å². The average molecular weight is 234 g/mol. The molecule has 1 unspecified atom stereocenters. The highest BCUT2D eigenvalue weighted by Crippen LogP contribution is 2.12. The molecule has 3 nitrogen and oxygen atoms in total. The van der Waals surface area contributed by atoms with Gasteiger partial charge in [-0.25, -0.2) is 4.39 Å². The van der Waals surface area contributed by atoms with Crippen LogP contribution in [0, 0.1) is 17.1 Å². The van der Waals surface area contributed by atoms with E-state index < -0.39 is 0 Å². The number of rotatable bonds is 4. The summed E-state index contributed by atoms with van der Waals surface area (Å²) in [6.45, 7) is 2.18. The summed E-state index contributed by atoms with van der Waals surface area (Å²) in [5, 5.41) is 11.9. The minimum absolute atomic E-state index is 0.277. The molecular weight excluding hydrogens is 219 g/mol. The minimum Gasteiger partial charge on any atom is -0.377 e. The smallest absolute Gasteiger partial charge is 0.124 e. The molecule has 1 fully saturated rings. The molecule has 0 aliphatic carbocycles. The molecule has 1 aliphatic heterocycles. The largest absolute Gasteiger partial charge is 0.377 e. The molecule has 90 valence electrons. The number of nitrogens with one attached hydrogen (secondary N) is 1. The first-order valence-corrected chi connectivity index (χ1v) is 5.80. The molecular formula is C13H15FN2O. The third kappa shape index (κ3) is 3.52. The van der Waals surface area contributed by atoms with Crippen LogP contribution < -0.4 is 5.32 Å². The van der Waals surface area contributed by atoms with E-state index in [0.717, 1.165) is 31.6 Å². The van der Waals surface area contributed by atoms with Gasteiger partial charge < -0.3 is 10.1 Å². The lowest BCUT2D eigenvalue weighted by Gasteiger charge is -2.10. The van der Waals surface area contributed by atoms with Gasteiger partial charge in [0.15, 0.2) is 0 Å². The summed E-state index contributed by atoms with van der Waals surface area (Å²) in [7, 11) is 0. The van der Waals surface area contributed by atoms with E-state index in [2.05, 4.69) is 5.32 Å². The Morgan fingerprint density at radius 1 is 1.47 bits per heavy atom. The lowest BCUT2D eigenvalue weighted by atomic mass is 10.1. The second-order valence-corrected chi connectivity index (χ2v) is 4.23. The highest BCUT2D eigenvalue weighted by atomic mass is 19.1. The standard InChI is InChI=1S/C13H15FN2O/c14-12-5-10(7-15)4-11(6-12)8-16-9-13-2-1-3-17-13/h4-6,13,16H,1-3,8-9H2. The maximum atomic E-state index is 13.1. The van der Waals surface area contributed by atoms with E-state index in [1.54, 1.807) is 6.07 Å². The van der Waals surface area contributed by atoms with Crippen molar-refractivity contribution >= 4 is 0 Å². The zero-order valence-electron chi connectivity index (χ0n) is 9.58. The molecule has 1 N–H and O–H groups in total. The van der Waals surface area contributed by atoms with Crippen molar-refractivity contribution in [2.75, 3.05) is 13.2 Å². The number of benzene rings is 1. The highest BCUT2D eigenvalue weighted by Gasteiger charge is 2.14. The Balaban J connectivity index is 1.85. The Morgan fingerprint density at radius 3 is 3.06 bits per heavy atom. The Kier molecular flexibility index (Phi) is 4.08. The van der Waals surface area contributed by atoms with Gasteiger partial charge in [0.05, 0.1) is 17.7 Å². The second kappa shape index (κ2) is 5.76. The number of ether oxygens (including phenoxy) is 1. The summed E-state index contributed by atoms with van der Waals surface area (Å²) >= 11 is 0. The van der Waals surface area contributed by atoms with Crippen LogP contribution >= 0.6 is 0 Å². The van der Waals surface area contributed by atoms with Crippen molar-refractivity contribution in [3.63, 3.8) is 0 Å². The molecule has 1 aromatic carbocycles. The van der Waals surface area contributed by atoms with Crippen molar-refractivity contribution in [3.05, 3.63) is 35.1 Å². The van der Waals surface area contributed by atoms with E-state index in [-0.39, 0.29) is 11.9 Å². The summed E-state index contributed by atoms with van der Waals surface area (Å²) in [6, 6.07) is 6.33. The van der Waals surface area contributed by atoms with E-state index in [4.69, 9.17) is 10.00 Å². The van der Waals surface area contributed by atoms with E-state index in [1.165, 1.54) is 12.1 Å². The number of nitriles is 1. The summed E-state index contributed by atoms with van der Waals surface area (Å²) in [5.41, 5.74) is 1.15. The van der Waals surface area contributed by atoms with Crippen LogP contribution in [0.3, 0.4) is 0 Å². The number of nitrogens with zero attached hydrogens (tertiary/aromatic N) is 1. The van der Waals surface area contributed by atoms with Crippen LogP contribution in [0.4, 0.5) is 4.39 Å². The third-order valence-electron chi connectivity index (χ3n) is 2.81. The molecule has 1 saturated heterocycles. The molecule has 0 radical (unpaired) electrons. The molecule has 0 amide bonds. The molecule has 0 spiro atoms. The van der Waals surface area contributed by atoms with Crippen molar-refractivity contribution in [3.8, 4) is 6.07 Å². The van der Waals surface area contributed by atoms with Gasteiger partial charge in [0.25, 0.3) is 0 Å². The van der Waals surface area contributed by atoms with Crippen LogP contribution in [-0.2, 0) is 11.3 Å². The fourth-order valence-corrected chi connectivity index (χ4v) is 2.00. The third-order valence-corrected chi connectivity index (χ3v) is 2.81. The Morgan fingerprint density at radius 2 is 2.35 bits per heavy atom. The first kappa shape index (κ1) is 12.0. The average Bonchev–Trinajstić information content (AvgIpc) is 2.81. The van der Waals surface area contributed by atoms with Gasteiger partial charge in [0.2, 0.25) is 0 Å². The van der Waals surface area contributed by atoms with E-state index in [0.29, 0.717) is 12.1 Å². The monoisotopic (exact) mass is 234 g/mol. The molecule has 0 aromatic heterocycles. The highest BCUT2D eigenvalue weighted by molar-refractivity contribution is 5.33. The van der Waals surface area contributed by atoms with Crippen LogP contribution in [0.2, 0.25) is 0 Å². The maximum absolute atomic E-state index is 13.1. The number of hydrogen-bond acceptors (Lipinski definition) is 3. The van der Waals surface area contributed by atoms with Gasteiger partial charge >= 0.3 is 0 Å². The molecule has 1 aliphatic rings. The van der Waals surface area contributed by atoms with Gasteiger partial charge in [0.1, 0.15) is 5.82 Å². The van der Waals surface area contributed by atoms with Crippen molar-refractivity contribution < 1.29 is 9.13 Å². The summed E-state index contributed by atoms with van der Waals surface area (Å²) in [4.78, 5) is 0. The molecule has 0 saturated carbocycles. The SMILES string of the molecule is N#Cc1cc(F)cc(CNCC2CCCO2)c1. The molecule has 1 aromatic rings. The van der Waals surface area contributed by atoms with E-state index >= 15 is 0 Å². The maximum Gasteiger partial charge on any atom is 0.124 e. The van der Waals surface area contributed by atoms with Crippen molar-refractivity contribution in [2.45, 2.75) is 25.5 Å². The summed E-state index contributed by atoms with van der Waals surface area (Å²) in [5.74, 6) is -0.363. The Bertz CT molecular complexity index is 422. The Labute approximate surface area is 100 Å². The van der Waals surface area contributed by atoms with E-state index in [9.17, 15) is 4.39 Å². The molecule has 2 rings (SSSR count). The first-order valence-electron chi connectivity index (χ1n) is 5.80. The number of halogens is 1. The molecule has 1 atom stereocenters. The number of hydrogen-bond donors (Lipinski definition) is 1. The quantitative estimate of drug-likeness (QED) is 0.866. The second-order valence-electron chi connectivity index (χ2n) is 4.23. The zero-order chi connectivity index (χ0) is 12.1. The summed E-state index contributed by atoms with van der Waals surface area (Å²) in [6.07, 6.45) is 2.48. The van der Waals surface area contributed by atoms with Gasteiger partial charge in [-0.05, 0) is 36.6 Å². The van der Waals surface area contributed by atoms with Crippen LogP contribution in [0.1, 0.15) is 24.0 Å². The summed E-state index contributed by atoms with van der Waals surface area (Å²) < 4.78 is 18.6. The van der Waals surface area contributed by atoms with Crippen LogP contribution in [0.5, 0.6) is 0 Å². The van der Waals surface area contributed by atoms with Gasteiger partial charge in [-0.3, -0.25) is 0 Å². The Hall–Kier alpha value is -1.44. The fraction of sp³-hybridized carbons (Fsp3) is 0.462. The van der Waals surface area contributed by atoms with Crippen LogP contribution in [0.15, 0.2) is 18.2 Å². The molecule has 0 bridgehead atoms. The van der Waals surface area contributed by atoms with Crippen LogP contribution in [-0.4, -0.2) is 19.3 Å². The first-order chi connectivity index (χ1) is 8.28. The predicted octanol–water partition coefficient (Wildman–Crippen LogP) is 1.97. The van der Waals surface area contributed by atoms with Crippen molar-refractivity contribution in [2.24, 2.45) is 0 Å². The lowest BCUT2D eigenvalue weighted by Crippen LogP contribution is -2.25. The molecule has 4 heteroatoms. The van der Waals surface area contributed by atoms with Crippen LogP contribution in [0.25, 0.3) is 0 Å². The van der Waals surface area contributed by atoms with Crippen molar-refractivity contribution in [1.82, 2.24) is 5.32 Å². The van der Waals surface area contributed by atoms with Gasteiger partial charge in [-0.15, -0.1) is 0 Å². The van der Waals surface area contributed by atoms with Gasteiger partial charge in [-0.2, -0.15) is 5.26 Å². The topological polar surface area (TPSA) is 45.0 Å². The molecule has 1 heterocycles. The van der Waals surface area contributed by atoms with Gasteiger partial charge in [0, 0.05) is 19.7 Å². The lowest BCUT2D eigenvalue weighted by molar-refractivity contribution is 0.110.